The van der Waals surface area contributed by atoms with Crippen LogP contribution in [0.2, 0.25) is 0 Å². The average Bonchev–Trinajstić information content (AvgIpc) is 3.91. The molecule has 0 saturated heterocycles. The van der Waals surface area contributed by atoms with Gasteiger partial charge in [-0.2, -0.15) is 0 Å². The number of hydrogen-bond donors (Lipinski definition) is 0. The Morgan fingerprint density at radius 2 is 0.860 bits per heavy atom. The molecule has 0 fully saturated rings. The molecule has 1 nitrogen and oxygen atoms in total. The van der Waals surface area contributed by atoms with Gasteiger partial charge in [0.25, 0.3) is 0 Å². The number of benzene rings is 9. The Bertz CT molecular complexity index is 3130. The molecule has 1 heterocycles. The van der Waals surface area contributed by atoms with E-state index in [0.29, 0.717) is 0 Å². The fraction of sp³-hybridized carbons (Fsp3) is 0.0182. The van der Waals surface area contributed by atoms with Crippen molar-refractivity contribution in [2.24, 2.45) is 0 Å². The molecule has 0 aliphatic heterocycles. The summed E-state index contributed by atoms with van der Waals surface area (Å²) in [5.74, 6) is 0. The van der Waals surface area contributed by atoms with Gasteiger partial charge in [0, 0.05) is 42.8 Å². The highest BCUT2D eigenvalue weighted by atomic mass is 32.1. The van der Waals surface area contributed by atoms with Crippen molar-refractivity contribution in [3.05, 3.63) is 235 Å². The van der Waals surface area contributed by atoms with Crippen molar-refractivity contribution >= 4 is 48.6 Å². The first-order valence-corrected chi connectivity index (χ1v) is 20.5. The SMILES string of the molecule is c1ccc(-c2cccc(N(c3ccc4c(c3)C3(c5ccccc5-c5ccccc53)c3ccccc3-4)c3cc(-c4ccccc4)c4sc5ccccc5c4c3)c2)cc1. The predicted octanol–water partition coefficient (Wildman–Crippen LogP) is 15.2. The predicted molar refractivity (Wildman–Crippen MR) is 241 cm³/mol. The van der Waals surface area contributed by atoms with Gasteiger partial charge in [-0.3, -0.25) is 0 Å². The van der Waals surface area contributed by atoms with Crippen LogP contribution in [0.25, 0.3) is 64.7 Å². The summed E-state index contributed by atoms with van der Waals surface area (Å²) in [6.07, 6.45) is 0. The molecule has 1 aromatic heterocycles. The van der Waals surface area contributed by atoms with Crippen LogP contribution in [0.1, 0.15) is 22.3 Å². The van der Waals surface area contributed by atoms with E-state index in [0.717, 1.165) is 17.1 Å². The summed E-state index contributed by atoms with van der Waals surface area (Å²) in [6, 6.07) is 78.8. The van der Waals surface area contributed by atoms with Crippen LogP contribution >= 0.6 is 11.3 Å². The van der Waals surface area contributed by atoms with Gasteiger partial charge in [-0.25, -0.2) is 0 Å². The number of anilines is 3. The number of rotatable bonds is 5. The van der Waals surface area contributed by atoms with E-state index in [2.05, 4.69) is 217 Å². The molecule has 0 saturated carbocycles. The van der Waals surface area contributed by atoms with Crippen LogP contribution in [0.15, 0.2) is 212 Å². The van der Waals surface area contributed by atoms with Crippen LogP contribution in [0, 0.1) is 0 Å². The van der Waals surface area contributed by atoms with Crippen molar-refractivity contribution in [3.8, 4) is 44.5 Å². The Morgan fingerprint density at radius 1 is 0.316 bits per heavy atom. The summed E-state index contributed by atoms with van der Waals surface area (Å²) in [4.78, 5) is 2.49. The fourth-order valence-electron chi connectivity index (χ4n) is 9.90. The Kier molecular flexibility index (Phi) is 7.08. The molecular weight excluding hydrogens is 707 g/mol. The first kappa shape index (κ1) is 32.3. The molecule has 2 heteroatoms. The lowest BCUT2D eigenvalue weighted by Gasteiger charge is -2.32. The third-order valence-electron chi connectivity index (χ3n) is 12.3. The molecule has 57 heavy (non-hydrogen) atoms. The van der Waals surface area contributed by atoms with Crippen molar-refractivity contribution in [1.29, 1.82) is 0 Å². The van der Waals surface area contributed by atoms with Gasteiger partial charge in [0.2, 0.25) is 0 Å². The first-order valence-electron chi connectivity index (χ1n) is 19.7. The standard InChI is InChI=1S/C55H35NS/c1-3-16-36(17-4-1)38-20-15-21-39(32-38)56(41-33-47(37-18-5-2-6-19-37)54-48(34-41)46-25-10-14-29-53(46)57-54)40-30-31-45-44-24-9-13-28-51(44)55(52(45)35-40)49-26-11-7-22-42(49)43-23-8-12-27-50(43)55/h1-35H. The average molecular weight is 742 g/mol. The lowest BCUT2D eigenvalue weighted by Crippen LogP contribution is -2.26. The Balaban J connectivity index is 1.16. The Labute approximate surface area is 336 Å². The van der Waals surface area contributed by atoms with Crippen LogP contribution in [-0.4, -0.2) is 0 Å². The lowest BCUT2D eigenvalue weighted by molar-refractivity contribution is 0.793. The van der Waals surface area contributed by atoms with E-state index in [4.69, 9.17) is 0 Å². The summed E-state index contributed by atoms with van der Waals surface area (Å²) < 4.78 is 2.61. The minimum Gasteiger partial charge on any atom is -0.310 e. The third-order valence-corrected chi connectivity index (χ3v) is 13.5. The topological polar surface area (TPSA) is 3.24 Å². The van der Waals surface area contributed by atoms with E-state index in [1.54, 1.807) is 0 Å². The van der Waals surface area contributed by atoms with Gasteiger partial charge in [0.15, 0.2) is 0 Å². The summed E-state index contributed by atoms with van der Waals surface area (Å²) in [5.41, 5.74) is 18.4. The van der Waals surface area contributed by atoms with Crippen molar-refractivity contribution in [2.45, 2.75) is 5.41 Å². The Morgan fingerprint density at radius 3 is 1.54 bits per heavy atom. The van der Waals surface area contributed by atoms with E-state index >= 15 is 0 Å². The highest BCUT2D eigenvalue weighted by Crippen LogP contribution is 2.63. The summed E-state index contributed by atoms with van der Waals surface area (Å²) in [6.45, 7) is 0. The van der Waals surface area contributed by atoms with E-state index in [1.165, 1.54) is 86.9 Å². The van der Waals surface area contributed by atoms with Gasteiger partial charge in [-0.15, -0.1) is 11.3 Å². The molecule has 0 unspecified atom stereocenters. The zero-order valence-electron chi connectivity index (χ0n) is 31.1. The van der Waals surface area contributed by atoms with Crippen LogP contribution in [0.4, 0.5) is 17.1 Å². The number of hydrogen-bond acceptors (Lipinski definition) is 2. The second-order valence-electron chi connectivity index (χ2n) is 15.2. The zero-order valence-corrected chi connectivity index (χ0v) is 31.9. The van der Waals surface area contributed by atoms with Crippen LogP contribution in [0.5, 0.6) is 0 Å². The fourth-order valence-corrected chi connectivity index (χ4v) is 11.1. The van der Waals surface area contributed by atoms with Crippen molar-refractivity contribution in [1.82, 2.24) is 0 Å². The maximum atomic E-state index is 2.50. The molecule has 10 aromatic rings. The summed E-state index contributed by atoms with van der Waals surface area (Å²) >= 11 is 1.89. The second-order valence-corrected chi connectivity index (χ2v) is 16.3. The molecule has 2 aliphatic rings. The molecule has 0 atom stereocenters. The van der Waals surface area contributed by atoms with E-state index < -0.39 is 5.41 Å². The minimum absolute atomic E-state index is 0.435. The molecule has 0 bridgehead atoms. The number of fused-ring (bicyclic) bond motifs is 13. The van der Waals surface area contributed by atoms with Crippen LogP contribution < -0.4 is 4.90 Å². The highest BCUT2D eigenvalue weighted by Gasteiger charge is 2.51. The molecule has 0 amide bonds. The van der Waals surface area contributed by atoms with E-state index in [9.17, 15) is 0 Å². The zero-order chi connectivity index (χ0) is 37.5. The smallest absolute Gasteiger partial charge is 0.0726 e. The lowest BCUT2D eigenvalue weighted by atomic mass is 9.70. The van der Waals surface area contributed by atoms with Crippen molar-refractivity contribution < 1.29 is 0 Å². The van der Waals surface area contributed by atoms with Gasteiger partial charge < -0.3 is 4.90 Å². The van der Waals surface area contributed by atoms with E-state index in [-0.39, 0.29) is 0 Å². The van der Waals surface area contributed by atoms with Crippen molar-refractivity contribution in [3.63, 3.8) is 0 Å². The first-order chi connectivity index (χ1) is 28.3. The monoisotopic (exact) mass is 741 g/mol. The number of thiophene rings is 1. The maximum absolute atomic E-state index is 2.50. The molecule has 12 rings (SSSR count). The Hall–Kier alpha value is -7.00. The second kappa shape index (κ2) is 12.5. The van der Waals surface area contributed by atoms with Gasteiger partial charge in [0.05, 0.1) is 5.41 Å². The minimum atomic E-state index is -0.435. The summed E-state index contributed by atoms with van der Waals surface area (Å²) in [5, 5.41) is 2.57. The largest absolute Gasteiger partial charge is 0.310 e. The molecule has 9 aromatic carbocycles. The number of nitrogens with zero attached hydrogens (tertiary/aromatic N) is 1. The molecule has 0 radical (unpaired) electrons. The quantitative estimate of drug-likeness (QED) is 0.170. The molecule has 266 valence electrons. The van der Waals surface area contributed by atoms with E-state index in [1.807, 2.05) is 11.3 Å². The molecular formula is C55H35NS. The van der Waals surface area contributed by atoms with Crippen molar-refractivity contribution in [2.75, 3.05) is 4.90 Å². The third kappa shape index (κ3) is 4.68. The van der Waals surface area contributed by atoms with Gasteiger partial charge in [0.1, 0.15) is 0 Å². The molecule has 1 spiro atoms. The van der Waals surface area contributed by atoms with Gasteiger partial charge >= 0.3 is 0 Å². The molecule has 0 N–H and O–H groups in total. The highest BCUT2D eigenvalue weighted by molar-refractivity contribution is 7.26. The maximum Gasteiger partial charge on any atom is 0.0726 e. The summed E-state index contributed by atoms with van der Waals surface area (Å²) in [7, 11) is 0. The van der Waals surface area contributed by atoms with Gasteiger partial charge in [-0.05, 0) is 104 Å². The van der Waals surface area contributed by atoms with Crippen LogP contribution in [0.3, 0.4) is 0 Å². The van der Waals surface area contributed by atoms with Gasteiger partial charge in [-0.1, -0.05) is 170 Å². The van der Waals surface area contributed by atoms with Crippen LogP contribution in [-0.2, 0) is 5.41 Å². The normalized spacial score (nSPS) is 13.1. The molecule has 2 aliphatic carbocycles.